The van der Waals surface area contributed by atoms with Crippen molar-refractivity contribution in [3.8, 4) is 0 Å². The van der Waals surface area contributed by atoms with E-state index in [1.165, 1.54) is 6.42 Å². The Hall–Kier alpha value is -1.42. The van der Waals surface area contributed by atoms with Gasteiger partial charge in [-0.1, -0.05) is 6.07 Å². The quantitative estimate of drug-likeness (QED) is 0.781. The summed E-state index contributed by atoms with van der Waals surface area (Å²) in [5.41, 5.74) is 0.567. The fourth-order valence-electron chi connectivity index (χ4n) is 2.88. The lowest BCUT2D eigenvalue weighted by Crippen LogP contribution is -2.47. The van der Waals surface area contributed by atoms with Crippen LogP contribution in [0.1, 0.15) is 23.3 Å². The number of rotatable bonds is 1. The Labute approximate surface area is 101 Å². The summed E-state index contributed by atoms with van der Waals surface area (Å²) in [5.74, 6) is 0.715. The summed E-state index contributed by atoms with van der Waals surface area (Å²) >= 11 is 0. The van der Waals surface area contributed by atoms with Crippen molar-refractivity contribution in [2.75, 3.05) is 19.6 Å². The van der Waals surface area contributed by atoms with Crippen LogP contribution < -0.4 is 5.32 Å². The molecule has 4 heteroatoms. The van der Waals surface area contributed by atoms with E-state index in [-0.39, 0.29) is 5.91 Å². The second-order valence-electron chi connectivity index (χ2n) is 4.86. The molecule has 2 saturated heterocycles. The SMILES string of the molecule is O=C(c1ccccn1)N1CCC2NCCC2C1. The first-order chi connectivity index (χ1) is 8.34. The summed E-state index contributed by atoms with van der Waals surface area (Å²) in [7, 11) is 0. The van der Waals surface area contributed by atoms with Crippen molar-refractivity contribution in [1.29, 1.82) is 0 Å². The van der Waals surface area contributed by atoms with E-state index < -0.39 is 0 Å². The summed E-state index contributed by atoms with van der Waals surface area (Å²) in [6.07, 6.45) is 3.94. The van der Waals surface area contributed by atoms with Crippen LogP contribution in [0.15, 0.2) is 24.4 Å². The van der Waals surface area contributed by atoms with E-state index >= 15 is 0 Å². The number of amides is 1. The molecule has 0 bridgehead atoms. The van der Waals surface area contributed by atoms with Crippen molar-refractivity contribution in [1.82, 2.24) is 15.2 Å². The van der Waals surface area contributed by atoms with Crippen LogP contribution in [0, 0.1) is 5.92 Å². The number of nitrogens with one attached hydrogen (secondary N) is 1. The van der Waals surface area contributed by atoms with Gasteiger partial charge in [0.25, 0.3) is 5.91 Å². The minimum atomic E-state index is 0.0796. The minimum Gasteiger partial charge on any atom is -0.337 e. The van der Waals surface area contributed by atoms with E-state index in [0.29, 0.717) is 17.7 Å². The van der Waals surface area contributed by atoms with Crippen LogP contribution in [0.4, 0.5) is 0 Å². The maximum atomic E-state index is 12.2. The zero-order valence-corrected chi connectivity index (χ0v) is 9.80. The first-order valence-electron chi connectivity index (χ1n) is 6.28. The summed E-state index contributed by atoms with van der Waals surface area (Å²) < 4.78 is 0. The average Bonchev–Trinajstić information content (AvgIpc) is 2.86. The van der Waals surface area contributed by atoms with E-state index in [1.807, 2.05) is 17.0 Å². The van der Waals surface area contributed by atoms with E-state index in [1.54, 1.807) is 12.3 Å². The predicted molar refractivity (Wildman–Crippen MR) is 64.7 cm³/mol. The Bertz CT molecular complexity index is 406. The predicted octanol–water partition coefficient (Wildman–Crippen LogP) is 0.906. The lowest BCUT2D eigenvalue weighted by molar-refractivity contribution is 0.0656. The molecule has 0 saturated carbocycles. The Morgan fingerprint density at radius 1 is 1.41 bits per heavy atom. The highest BCUT2D eigenvalue weighted by Gasteiger charge is 2.34. The summed E-state index contributed by atoms with van der Waals surface area (Å²) in [6.45, 7) is 2.83. The first-order valence-corrected chi connectivity index (χ1v) is 6.28. The van der Waals surface area contributed by atoms with Gasteiger partial charge >= 0.3 is 0 Å². The molecule has 0 radical (unpaired) electrons. The highest BCUT2D eigenvalue weighted by Crippen LogP contribution is 2.25. The molecule has 2 aliphatic heterocycles. The number of likely N-dealkylation sites (tertiary alicyclic amines) is 1. The lowest BCUT2D eigenvalue weighted by Gasteiger charge is -2.34. The molecule has 2 unspecified atom stereocenters. The summed E-state index contributed by atoms with van der Waals surface area (Å²) in [6, 6.07) is 6.12. The number of carbonyl (C=O) groups excluding carboxylic acids is 1. The van der Waals surface area contributed by atoms with Gasteiger partial charge in [0.2, 0.25) is 0 Å². The second kappa shape index (κ2) is 4.45. The molecule has 3 heterocycles. The molecular formula is C13H17N3O. The van der Waals surface area contributed by atoms with Gasteiger partial charge in [-0.25, -0.2) is 0 Å². The fourth-order valence-corrected chi connectivity index (χ4v) is 2.88. The Morgan fingerprint density at radius 2 is 2.35 bits per heavy atom. The fraction of sp³-hybridized carbons (Fsp3) is 0.538. The normalized spacial score (nSPS) is 27.9. The van der Waals surface area contributed by atoms with E-state index in [9.17, 15) is 4.79 Å². The van der Waals surface area contributed by atoms with Crippen LogP contribution in [0.25, 0.3) is 0 Å². The number of aromatic nitrogens is 1. The van der Waals surface area contributed by atoms with Gasteiger partial charge in [-0.2, -0.15) is 0 Å². The standard InChI is InChI=1S/C13H17N3O/c17-13(12-3-1-2-6-14-12)16-8-5-11-10(9-16)4-7-15-11/h1-3,6,10-11,15H,4-5,7-9H2. The number of pyridine rings is 1. The van der Waals surface area contributed by atoms with Crippen molar-refractivity contribution in [2.24, 2.45) is 5.92 Å². The van der Waals surface area contributed by atoms with Gasteiger partial charge in [-0.3, -0.25) is 9.78 Å². The Morgan fingerprint density at radius 3 is 3.18 bits per heavy atom. The topological polar surface area (TPSA) is 45.2 Å². The third-order valence-electron chi connectivity index (χ3n) is 3.83. The van der Waals surface area contributed by atoms with Crippen LogP contribution >= 0.6 is 0 Å². The van der Waals surface area contributed by atoms with Gasteiger partial charge in [-0.15, -0.1) is 0 Å². The molecule has 2 atom stereocenters. The molecule has 1 amide bonds. The minimum absolute atomic E-state index is 0.0796. The molecule has 17 heavy (non-hydrogen) atoms. The van der Waals surface area contributed by atoms with E-state index in [2.05, 4.69) is 10.3 Å². The number of carbonyl (C=O) groups is 1. The smallest absolute Gasteiger partial charge is 0.272 e. The Balaban J connectivity index is 1.71. The molecule has 3 rings (SSSR count). The highest BCUT2D eigenvalue weighted by molar-refractivity contribution is 5.92. The zero-order valence-electron chi connectivity index (χ0n) is 9.80. The average molecular weight is 231 g/mol. The van der Waals surface area contributed by atoms with E-state index in [4.69, 9.17) is 0 Å². The molecule has 90 valence electrons. The molecule has 0 aromatic carbocycles. The van der Waals surface area contributed by atoms with Crippen molar-refractivity contribution in [2.45, 2.75) is 18.9 Å². The van der Waals surface area contributed by atoms with Gasteiger partial charge in [0.05, 0.1) is 0 Å². The van der Waals surface area contributed by atoms with Crippen LogP contribution in [0.2, 0.25) is 0 Å². The van der Waals surface area contributed by atoms with Crippen molar-refractivity contribution in [3.63, 3.8) is 0 Å². The third-order valence-corrected chi connectivity index (χ3v) is 3.83. The Kier molecular flexibility index (Phi) is 2.81. The van der Waals surface area contributed by atoms with Gasteiger partial charge in [0.15, 0.2) is 0 Å². The second-order valence-corrected chi connectivity index (χ2v) is 4.86. The monoisotopic (exact) mass is 231 g/mol. The molecule has 2 aliphatic rings. The number of piperidine rings is 1. The van der Waals surface area contributed by atoms with Crippen LogP contribution in [-0.2, 0) is 0 Å². The van der Waals surface area contributed by atoms with Gasteiger partial charge in [-0.05, 0) is 37.4 Å². The summed E-state index contributed by atoms with van der Waals surface area (Å²) in [5, 5.41) is 3.50. The van der Waals surface area contributed by atoms with Crippen LogP contribution in [-0.4, -0.2) is 41.5 Å². The number of fused-ring (bicyclic) bond motifs is 1. The lowest BCUT2D eigenvalue weighted by atomic mass is 9.93. The van der Waals surface area contributed by atoms with Crippen LogP contribution in [0.3, 0.4) is 0 Å². The van der Waals surface area contributed by atoms with Gasteiger partial charge < -0.3 is 10.2 Å². The van der Waals surface area contributed by atoms with Crippen molar-refractivity contribution >= 4 is 5.91 Å². The van der Waals surface area contributed by atoms with Gasteiger partial charge in [0, 0.05) is 25.3 Å². The molecule has 0 aliphatic carbocycles. The number of hydrogen-bond acceptors (Lipinski definition) is 3. The zero-order chi connectivity index (χ0) is 11.7. The summed E-state index contributed by atoms with van der Waals surface area (Å²) in [4.78, 5) is 18.3. The third kappa shape index (κ3) is 2.05. The highest BCUT2D eigenvalue weighted by atomic mass is 16.2. The molecule has 2 fully saturated rings. The first kappa shape index (κ1) is 10.7. The molecule has 1 aromatic rings. The molecule has 4 nitrogen and oxygen atoms in total. The van der Waals surface area contributed by atoms with Crippen molar-refractivity contribution < 1.29 is 4.79 Å². The number of hydrogen-bond donors (Lipinski definition) is 1. The van der Waals surface area contributed by atoms with Crippen molar-refractivity contribution in [3.05, 3.63) is 30.1 Å². The molecule has 1 aromatic heterocycles. The van der Waals surface area contributed by atoms with Crippen LogP contribution in [0.5, 0.6) is 0 Å². The molecule has 1 N–H and O–H groups in total. The molecular weight excluding hydrogens is 214 g/mol. The maximum Gasteiger partial charge on any atom is 0.272 e. The maximum absolute atomic E-state index is 12.2. The molecule has 0 spiro atoms. The largest absolute Gasteiger partial charge is 0.337 e. The number of nitrogens with zero attached hydrogens (tertiary/aromatic N) is 2. The van der Waals surface area contributed by atoms with Gasteiger partial charge in [0.1, 0.15) is 5.69 Å². The van der Waals surface area contributed by atoms with E-state index in [0.717, 1.165) is 26.1 Å².